The third-order valence-corrected chi connectivity index (χ3v) is 2.60. The van der Waals surface area contributed by atoms with E-state index in [-0.39, 0.29) is 4.47 Å². The number of alkyl halides is 3. The van der Waals surface area contributed by atoms with Crippen molar-refractivity contribution < 1.29 is 13.2 Å². The molecule has 0 aliphatic heterocycles. The lowest BCUT2D eigenvalue weighted by atomic mass is 10.2. The number of nitrogens with zero attached hydrogens (tertiary/aromatic N) is 3. The van der Waals surface area contributed by atoms with Gasteiger partial charge in [0.2, 0.25) is 0 Å². The van der Waals surface area contributed by atoms with Crippen LogP contribution in [0.4, 0.5) is 13.2 Å². The quantitative estimate of drug-likeness (QED) is 0.808. The van der Waals surface area contributed by atoms with Crippen molar-refractivity contribution in [3.8, 4) is 5.69 Å². The first kappa shape index (κ1) is 11.1. The highest BCUT2D eigenvalue weighted by Gasteiger charge is 2.32. The number of rotatable bonds is 1. The van der Waals surface area contributed by atoms with Crippen molar-refractivity contribution in [2.24, 2.45) is 0 Å². The molecule has 0 unspecified atom stereocenters. The highest BCUT2D eigenvalue weighted by atomic mass is 79.9. The van der Waals surface area contributed by atoms with E-state index < -0.39 is 11.7 Å². The molecule has 16 heavy (non-hydrogen) atoms. The third kappa shape index (κ3) is 2.08. The highest BCUT2D eigenvalue weighted by molar-refractivity contribution is 9.10. The number of aromatic nitrogens is 3. The molecule has 3 nitrogen and oxygen atoms in total. The maximum Gasteiger partial charge on any atom is 0.417 e. The second-order valence-corrected chi connectivity index (χ2v) is 3.86. The van der Waals surface area contributed by atoms with Gasteiger partial charge in [0.25, 0.3) is 0 Å². The average molecular weight is 292 g/mol. The van der Waals surface area contributed by atoms with Crippen molar-refractivity contribution >= 4 is 15.9 Å². The zero-order valence-corrected chi connectivity index (χ0v) is 9.33. The summed E-state index contributed by atoms with van der Waals surface area (Å²) < 4.78 is 38.7. The minimum Gasteiger partial charge on any atom is -0.221 e. The van der Waals surface area contributed by atoms with Gasteiger partial charge in [0, 0.05) is 4.47 Å². The largest absolute Gasteiger partial charge is 0.417 e. The van der Waals surface area contributed by atoms with Gasteiger partial charge in [0.15, 0.2) is 0 Å². The van der Waals surface area contributed by atoms with Crippen LogP contribution in [0.25, 0.3) is 5.69 Å². The molecule has 0 saturated carbocycles. The highest BCUT2D eigenvalue weighted by Crippen LogP contribution is 2.35. The van der Waals surface area contributed by atoms with Gasteiger partial charge < -0.3 is 0 Å². The van der Waals surface area contributed by atoms with Crippen LogP contribution in [-0.4, -0.2) is 15.0 Å². The predicted octanol–water partition coefficient (Wildman–Crippen LogP) is 3.05. The Morgan fingerprint density at radius 2 is 2.00 bits per heavy atom. The van der Waals surface area contributed by atoms with E-state index in [2.05, 4.69) is 26.2 Å². The summed E-state index contributed by atoms with van der Waals surface area (Å²) in [6, 6.07) is 3.68. The predicted molar refractivity (Wildman–Crippen MR) is 54.1 cm³/mol. The summed E-state index contributed by atoms with van der Waals surface area (Å²) in [5.41, 5.74) is -0.200. The molecule has 84 valence electrons. The Morgan fingerprint density at radius 3 is 2.50 bits per heavy atom. The van der Waals surface area contributed by atoms with Crippen LogP contribution >= 0.6 is 15.9 Å². The van der Waals surface area contributed by atoms with Crippen LogP contribution in [0, 0.1) is 0 Å². The van der Waals surface area contributed by atoms with Gasteiger partial charge in [-0.15, -0.1) is 5.10 Å². The van der Waals surface area contributed by atoms with Gasteiger partial charge in [-0.2, -0.15) is 13.2 Å². The lowest BCUT2D eigenvalue weighted by molar-refractivity contribution is -0.138. The van der Waals surface area contributed by atoms with Crippen LogP contribution in [-0.2, 0) is 6.18 Å². The second kappa shape index (κ2) is 3.89. The molecular weight excluding hydrogens is 287 g/mol. The van der Waals surface area contributed by atoms with Crippen molar-refractivity contribution in [1.82, 2.24) is 15.0 Å². The summed E-state index contributed by atoms with van der Waals surface area (Å²) in [5.74, 6) is 0. The standard InChI is InChI=1S/C9H5BrF3N3/c10-8-5-6(16-4-3-14-15-16)1-2-7(8)9(11,12)13/h1-5H. The van der Waals surface area contributed by atoms with Crippen molar-refractivity contribution in [2.75, 3.05) is 0 Å². The molecule has 2 aromatic rings. The van der Waals surface area contributed by atoms with E-state index in [1.807, 2.05) is 0 Å². The monoisotopic (exact) mass is 291 g/mol. The fourth-order valence-corrected chi connectivity index (χ4v) is 1.81. The van der Waals surface area contributed by atoms with Gasteiger partial charge >= 0.3 is 6.18 Å². The smallest absolute Gasteiger partial charge is 0.221 e. The molecule has 0 amide bonds. The summed E-state index contributed by atoms with van der Waals surface area (Å²) in [5, 5.41) is 7.26. The van der Waals surface area contributed by atoms with Crippen molar-refractivity contribution in [3.63, 3.8) is 0 Å². The fraction of sp³-hybridized carbons (Fsp3) is 0.111. The lowest BCUT2D eigenvalue weighted by Crippen LogP contribution is -2.06. The summed E-state index contributed by atoms with van der Waals surface area (Å²) in [6.07, 6.45) is -1.36. The molecule has 7 heteroatoms. The molecule has 0 aliphatic carbocycles. The van der Waals surface area contributed by atoms with Crippen molar-refractivity contribution in [1.29, 1.82) is 0 Å². The molecule has 0 N–H and O–H groups in total. The molecule has 0 saturated heterocycles. The van der Waals surface area contributed by atoms with E-state index in [4.69, 9.17) is 0 Å². The Bertz CT molecular complexity index is 493. The van der Waals surface area contributed by atoms with E-state index in [9.17, 15) is 13.2 Å². The topological polar surface area (TPSA) is 30.7 Å². The minimum atomic E-state index is -4.36. The lowest BCUT2D eigenvalue weighted by Gasteiger charge is -2.10. The molecule has 1 heterocycles. The van der Waals surface area contributed by atoms with Crippen molar-refractivity contribution in [3.05, 3.63) is 40.6 Å². The Kier molecular flexibility index (Phi) is 2.71. The number of hydrogen-bond acceptors (Lipinski definition) is 2. The van der Waals surface area contributed by atoms with Crippen LogP contribution in [0.3, 0.4) is 0 Å². The maximum absolute atomic E-state index is 12.5. The first-order valence-corrected chi connectivity index (χ1v) is 5.01. The molecule has 0 bridgehead atoms. The number of hydrogen-bond donors (Lipinski definition) is 0. The molecule has 0 spiro atoms. The van der Waals surface area contributed by atoms with Gasteiger partial charge in [-0.1, -0.05) is 21.1 Å². The van der Waals surface area contributed by atoms with E-state index in [0.29, 0.717) is 5.69 Å². The Labute approximate surface area is 97.0 Å². The maximum atomic E-state index is 12.5. The van der Waals surface area contributed by atoms with Gasteiger partial charge in [-0.25, -0.2) is 4.68 Å². The minimum absolute atomic E-state index is 0.0204. The molecular formula is C9H5BrF3N3. The van der Waals surface area contributed by atoms with E-state index in [0.717, 1.165) is 6.07 Å². The first-order valence-electron chi connectivity index (χ1n) is 4.22. The summed E-state index contributed by atoms with van der Waals surface area (Å²) in [7, 11) is 0. The van der Waals surface area contributed by atoms with Gasteiger partial charge in [0.1, 0.15) is 0 Å². The number of benzene rings is 1. The van der Waals surface area contributed by atoms with Crippen LogP contribution in [0.2, 0.25) is 0 Å². The molecule has 0 fully saturated rings. The second-order valence-electron chi connectivity index (χ2n) is 3.01. The van der Waals surface area contributed by atoms with Gasteiger partial charge in [-0.3, -0.25) is 0 Å². The SMILES string of the molecule is FC(F)(F)c1ccc(-n2ccnn2)cc1Br. The summed E-state index contributed by atoms with van der Waals surface area (Å²) in [6.45, 7) is 0. The molecule has 0 radical (unpaired) electrons. The molecule has 0 aliphatic rings. The average Bonchev–Trinajstić information content (AvgIpc) is 2.68. The molecule has 1 aromatic carbocycles. The third-order valence-electron chi connectivity index (χ3n) is 1.95. The van der Waals surface area contributed by atoms with E-state index in [1.54, 1.807) is 6.20 Å². The van der Waals surface area contributed by atoms with Gasteiger partial charge in [0.05, 0.1) is 23.6 Å². The normalized spacial score (nSPS) is 11.8. The van der Waals surface area contributed by atoms with E-state index in [1.165, 1.54) is 23.0 Å². The van der Waals surface area contributed by atoms with Crippen molar-refractivity contribution in [2.45, 2.75) is 6.18 Å². The van der Waals surface area contributed by atoms with Crippen LogP contribution < -0.4 is 0 Å². The molecule has 1 aromatic heterocycles. The van der Waals surface area contributed by atoms with Gasteiger partial charge in [-0.05, 0) is 18.2 Å². The Morgan fingerprint density at radius 1 is 1.25 bits per heavy atom. The van der Waals surface area contributed by atoms with Crippen LogP contribution in [0.1, 0.15) is 5.56 Å². The van der Waals surface area contributed by atoms with Crippen LogP contribution in [0.15, 0.2) is 35.1 Å². The Balaban J connectivity index is 2.45. The zero-order valence-electron chi connectivity index (χ0n) is 7.74. The summed E-state index contributed by atoms with van der Waals surface area (Å²) in [4.78, 5) is 0. The van der Waals surface area contributed by atoms with E-state index >= 15 is 0 Å². The molecule has 0 atom stereocenters. The first-order chi connectivity index (χ1) is 7.48. The number of halogens is 4. The Hall–Kier alpha value is -1.37. The van der Waals surface area contributed by atoms with Crippen LogP contribution in [0.5, 0.6) is 0 Å². The zero-order chi connectivity index (χ0) is 11.8. The fourth-order valence-electron chi connectivity index (χ4n) is 1.22. The summed E-state index contributed by atoms with van der Waals surface area (Å²) >= 11 is 2.89. The molecule has 2 rings (SSSR count).